The van der Waals surface area contributed by atoms with E-state index < -0.39 is 12.3 Å². The number of alkyl halides is 3. The Balaban J connectivity index is 3.21. The smallest absolute Gasteiger partial charge is 0.418 e. The van der Waals surface area contributed by atoms with E-state index in [0.29, 0.717) is 6.61 Å². The van der Waals surface area contributed by atoms with Crippen LogP contribution in [0.3, 0.4) is 0 Å². The summed E-state index contributed by atoms with van der Waals surface area (Å²) in [5.74, 6) is 0.131. The average Bonchev–Trinajstić information content (AvgIpc) is 2.30. The Labute approximate surface area is 103 Å². The van der Waals surface area contributed by atoms with Gasteiger partial charge in [-0.2, -0.15) is 13.2 Å². The van der Waals surface area contributed by atoms with E-state index in [1.165, 1.54) is 18.2 Å². The van der Waals surface area contributed by atoms with Crippen LogP contribution in [-0.2, 0) is 0 Å². The third-order valence-electron chi connectivity index (χ3n) is 2.20. The molecule has 0 bridgehead atoms. The lowest BCUT2D eigenvalue weighted by atomic mass is 10.1. The molecular formula is C12H15F3O3. The third-order valence-corrected chi connectivity index (χ3v) is 2.20. The lowest BCUT2D eigenvalue weighted by molar-refractivity contribution is -0.207. The molecule has 0 aliphatic heterocycles. The van der Waals surface area contributed by atoms with E-state index in [2.05, 4.69) is 0 Å². The third kappa shape index (κ3) is 3.29. The molecule has 0 aliphatic carbocycles. The van der Waals surface area contributed by atoms with Gasteiger partial charge in [-0.05, 0) is 19.9 Å². The normalized spacial score (nSPS) is 13.2. The van der Waals surface area contributed by atoms with Crippen LogP contribution < -0.4 is 9.47 Å². The van der Waals surface area contributed by atoms with Crippen molar-refractivity contribution in [1.82, 2.24) is 0 Å². The zero-order chi connectivity index (χ0) is 13.8. The molecule has 1 unspecified atom stereocenters. The van der Waals surface area contributed by atoms with Crippen molar-refractivity contribution in [2.24, 2.45) is 0 Å². The van der Waals surface area contributed by atoms with Gasteiger partial charge in [0.1, 0.15) is 0 Å². The standard InChI is InChI=1S/C12H15F3O3/c1-3-17-9-7-5-6-8(10(9)18-4-2)11(16)12(13,14)15/h5-7,11,16H,3-4H2,1-2H3. The Morgan fingerprint density at radius 2 is 1.78 bits per heavy atom. The van der Waals surface area contributed by atoms with Crippen molar-refractivity contribution < 1.29 is 27.8 Å². The van der Waals surface area contributed by atoms with Crippen LogP contribution in [0.5, 0.6) is 11.5 Å². The lowest BCUT2D eigenvalue weighted by Crippen LogP contribution is -2.21. The second kappa shape index (κ2) is 5.95. The largest absolute Gasteiger partial charge is 0.490 e. The van der Waals surface area contributed by atoms with Gasteiger partial charge in [0.15, 0.2) is 17.6 Å². The molecule has 1 rings (SSSR count). The van der Waals surface area contributed by atoms with Gasteiger partial charge in [0.05, 0.1) is 13.2 Å². The average molecular weight is 264 g/mol. The van der Waals surface area contributed by atoms with Gasteiger partial charge >= 0.3 is 6.18 Å². The quantitative estimate of drug-likeness (QED) is 0.888. The summed E-state index contributed by atoms with van der Waals surface area (Å²) in [5.41, 5.74) is -0.338. The molecule has 1 N–H and O–H groups in total. The topological polar surface area (TPSA) is 38.7 Å². The fourth-order valence-corrected chi connectivity index (χ4v) is 1.49. The predicted octanol–water partition coefficient (Wildman–Crippen LogP) is 3.08. The van der Waals surface area contributed by atoms with E-state index >= 15 is 0 Å². The Kier molecular flexibility index (Phi) is 4.84. The first-order valence-electron chi connectivity index (χ1n) is 5.55. The van der Waals surface area contributed by atoms with Gasteiger partial charge in [-0.1, -0.05) is 12.1 Å². The monoisotopic (exact) mass is 264 g/mol. The molecule has 1 aromatic carbocycles. The zero-order valence-electron chi connectivity index (χ0n) is 10.1. The maximum Gasteiger partial charge on any atom is 0.418 e. The molecule has 0 amide bonds. The fraction of sp³-hybridized carbons (Fsp3) is 0.500. The van der Waals surface area contributed by atoms with E-state index in [1.807, 2.05) is 0 Å². The van der Waals surface area contributed by atoms with E-state index in [0.717, 1.165) is 0 Å². The fourth-order valence-electron chi connectivity index (χ4n) is 1.49. The van der Waals surface area contributed by atoms with Gasteiger partial charge in [-0.25, -0.2) is 0 Å². The first-order valence-corrected chi connectivity index (χ1v) is 5.55. The zero-order valence-corrected chi connectivity index (χ0v) is 10.1. The maximum absolute atomic E-state index is 12.5. The van der Waals surface area contributed by atoms with E-state index in [-0.39, 0.29) is 23.7 Å². The second-order valence-corrected chi connectivity index (χ2v) is 3.48. The summed E-state index contributed by atoms with van der Waals surface area (Å²) in [6.07, 6.45) is -7.32. The summed E-state index contributed by atoms with van der Waals surface area (Å²) in [7, 11) is 0. The molecule has 0 heterocycles. The van der Waals surface area contributed by atoms with Gasteiger partial charge in [0.2, 0.25) is 0 Å². The van der Waals surface area contributed by atoms with Gasteiger partial charge in [-0.15, -0.1) is 0 Å². The highest BCUT2D eigenvalue weighted by molar-refractivity contribution is 5.48. The van der Waals surface area contributed by atoms with Crippen LogP contribution >= 0.6 is 0 Å². The lowest BCUT2D eigenvalue weighted by Gasteiger charge is -2.20. The summed E-state index contributed by atoms with van der Waals surface area (Å²) in [6, 6.07) is 4.06. The van der Waals surface area contributed by atoms with Crippen LogP contribution in [0.2, 0.25) is 0 Å². The molecule has 0 aliphatic rings. The number of ether oxygens (including phenoxy) is 2. The molecule has 0 fully saturated rings. The molecule has 0 radical (unpaired) electrons. The van der Waals surface area contributed by atoms with E-state index in [1.54, 1.807) is 13.8 Å². The molecule has 0 saturated carbocycles. The Morgan fingerprint density at radius 1 is 1.17 bits per heavy atom. The molecule has 0 saturated heterocycles. The Morgan fingerprint density at radius 3 is 2.28 bits per heavy atom. The van der Waals surface area contributed by atoms with Crippen LogP contribution in [0.1, 0.15) is 25.5 Å². The Bertz CT molecular complexity index is 391. The van der Waals surface area contributed by atoms with Crippen molar-refractivity contribution in [3.05, 3.63) is 23.8 Å². The summed E-state index contributed by atoms with van der Waals surface area (Å²) in [4.78, 5) is 0. The minimum atomic E-state index is -4.74. The van der Waals surface area contributed by atoms with Crippen LogP contribution in [0.15, 0.2) is 18.2 Å². The summed E-state index contributed by atoms with van der Waals surface area (Å²) < 4.78 is 47.9. The number of rotatable bonds is 5. The van der Waals surface area contributed by atoms with Crippen molar-refractivity contribution in [3.8, 4) is 11.5 Å². The van der Waals surface area contributed by atoms with Crippen LogP contribution in [0.25, 0.3) is 0 Å². The first kappa shape index (κ1) is 14.6. The van der Waals surface area contributed by atoms with Crippen molar-refractivity contribution >= 4 is 0 Å². The van der Waals surface area contributed by atoms with E-state index in [9.17, 15) is 18.3 Å². The molecule has 3 nitrogen and oxygen atoms in total. The molecule has 0 spiro atoms. The molecule has 1 atom stereocenters. The number of benzene rings is 1. The number of hydrogen-bond acceptors (Lipinski definition) is 3. The van der Waals surface area contributed by atoms with Gasteiger partial charge in [0, 0.05) is 5.56 Å². The summed E-state index contributed by atoms with van der Waals surface area (Å²) >= 11 is 0. The highest BCUT2D eigenvalue weighted by Gasteiger charge is 2.41. The van der Waals surface area contributed by atoms with Crippen molar-refractivity contribution in [3.63, 3.8) is 0 Å². The van der Waals surface area contributed by atoms with Crippen LogP contribution in [-0.4, -0.2) is 24.5 Å². The number of para-hydroxylation sites is 1. The summed E-state index contributed by atoms with van der Waals surface area (Å²) in [6.45, 7) is 3.84. The van der Waals surface area contributed by atoms with Gasteiger partial charge in [0.25, 0.3) is 0 Å². The minimum absolute atomic E-state index is 0.0633. The molecule has 0 aromatic heterocycles. The number of aliphatic hydroxyl groups is 1. The number of halogens is 3. The maximum atomic E-state index is 12.5. The predicted molar refractivity (Wildman–Crippen MR) is 59.8 cm³/mol. The number of hydrogen-bond donors (Lipinski definition) is 1. The molecule has 1 aromatic rings. The first-order chi connectivity index (χ1) is 8.41. The summed E-state index contributed by atoms with van der Waals surface area (Å²) in [5, 5.41) is 9.30. The van der Waals surface area contributed by atoms with Crippen LogP contribution in [0.4, 0.5) is 13.2 Å². The highest BCUT2D eigenvalue weighted by Crippen LogP contribution is 2.41. The Hall–Kier alpha value is -1.43. The van der Waals surface area contributed by atoms with Crippen molar-refractivity contribution in [2.75, 3.05) is 13.2 Å². The van der Waals surface area contributed by atoms with Crippen LogP contribution in [0, 0.1) is 0 Å². The molecule has 102 valence electrons. The van der Waals surface area contributed by atoms with Gasteiger partial charge in [-0.3, -0.25) is 0 Å². The molecule has 6 heteroatoms. The molecule has 18 heavy (non-hydrogen) atoms. The molecular weight excluding hydrogens is 249 g/mol. The van der Waals surface area contributed by atoms with Crippen molar-refractivity contribution in [1.29, 1.82) is 0 Å². The minimum Gasteiger partial charge on any atom is -0.490 e. The highest BCUT2D eigenvalue weighted by atomic mass is 19.4. The SMILES string of the molecule is CCOc1cccc(C(O)C(F)(F)F)c1OCC. The van der Waals surface area contributed by atoms with Crippen molar-refractivity contribution in [2.45, 2.75) is 26.1 Å². The number of aliphatic hydroxyl groups excluding tert-OH is 1. The van der Waals surface area contributed by atoms with E-state index in [4.69, 9.17) is 9.47 Å². The van der Waals surface area contributed by atoms with Gasteiger partial charge < -0.3 is 14.6 Å². The second-order valence-electron chi connectivity index (χ2n) is 3.48.